The molecule has 0 aromatic heterocycles. The van der Waals surface area contributed by atoms with Gasteiger partial charge in [-0.25, -0.2) is 4.79 Å². The summed E-state index contributed by atoms with van der Waals surface area (Å²) in [5.41, 5.74) is 2.83. The van der Waals surface area contributed by atoms with Crippen LogP contribution in [0.2, 0.25) is 0 Å². The minimum atomic E-state index is -0.864. The first-order valence-corrected chi connectivity index (χ1v) is 8.19. The maximum atomic E-state index is 11.1. The van der Waals surface area contributed by atoms with E-state index in [1.165, 1.54) is 5.56 Å². The second kappa shape index (κ2) is 6.55. The second-order valence-corrected chi connectivity index (χ2v) is 6.52. The van der Waals surface area contributed by atoms with Gasteiger partial charge in [-0.3, -0.25) is 4.90 Å². The van der Waals surface area contributed by atoms with Crippen molar-refractivity contribution in [3.8, 4) is 0 Å². The highest BCUT2D eigenvalue weighted by Gasteiger charge is 2.36. The van der Waals surface area contributed by atoms with Crippen LogP contribution in [-0.2, 0) is 6.54 Å². The highest BCUT2D eigenvalue weighted by atomic mass is 16.4. The summed E-state index contributed by atoms with van der Waals surface area (Å²) in [6.45, 7) is 5.34. The minimum absolute atomic E-state index is 0.363. The smallest absolute Gasteiger partial charge is 0.335 e. The monoisotopic (exact) mass is 309 g/mol. The van der Waals surface area contributed by atoms with E-state index in [0.29, 0.717) is 23.6 Å². The topological polar surface area (TPSA) is 40.5 Å². The molecule has 0 amide bonds. The molecule has 0 spiro atoms. The summed E-state index contributed by atoms with van der Waals surface area (Å²) in [5, 5.41) is 9.15. The molecule has 2 aromatic carbocycles. The Morgan fingerprint density at radius 2 is 1.87 bits per heavy atom. The van der Waals surface area contributed by atoms with Gasteiger partial charge in [-0.15, -0.1) is 0 Å². The molecule has 23 heavy (non-hydrogen) atoms. The molecule has 2 aromatic rings. The Balaban J connectivity index is 1.78. The summed E-state index contributed by atoms with van der Waals surface area (Å²) in [5.74, 6) is -0.328. The molecule has 1 N–H and O–H groups in total. The van der Waals surface area contributed by atoms with Crippen molar-refractivity contribution in [2.24, 2.45) is 0 Å². The van der Waals surface area contributed by atoms with E-state index in [-0.39, 0.29) is 0 Å². The van der Waals surface area contributed by atoms with Crippen LogP contribution in [-0.4, -0.2) is 28.1 Å². The van der Waals surface area contributed by atoms with Crippen molar-refractivity contribution < 1.29 is 9.90 Å². The Morgan fingerprint density at radius 3 is 2.57 bits per heavy atom. The second-order valence-electron chi connectivity index (χ2n) is 6.52. The van der Waals surface area contributed by atoms with Gasteiger partial charge in [0.05, 0.1) is 5.56 Å². The Labute approximate surface area is 137 Å². The fourth-order valence-electron chi connectivity index (χ4n) is 3.76. The number of carboxylic acids is 1. The van der Waals surface area contributed by atoms with Crippen LogP contribution in [0.3, 0.4) is 0 Å². The highest BCUT2D eigenvalue weighted by molar-refractivity contribution is 5.87. The standard InChI is InChI=1S/C20H23NO2/c1-14-11-19(17-8-4-3-5-9-17)15(2)21(14)13-16-7-6-10-18(12-16)20(22)23/h3-10,12,14-15,19H,11,13H2,1-2H3,(H,22,23). The molecular weight excluding hydrogens is 286 g/mol. The summed E-state index contributed by atoms with van der Waals surface area (Å²) in [7, 11) is 0. The number of rotatable bonds is 4. The van der Waals surface area contributed by atoms with Crippen molar-refractivity contribution in [2.75, 3.05) is 0 Å². The predicted molar refractivity (Wildman–Crippen MR) is 91.7 cm³/mol. The molecule has 3 atom stereocenters. The number of hydrogen-bond donors (Lipinski definition) is 1. The van der Waals surface area contributed by atoms with E-state index >= 15 is 0 Å². The average molecular weight is 309 g/mol. The van der Waals surface area contributed by atoms with Crippen LogP contribution < -0.4 is 0 Å². The third-order valence-electron chi connectivity index (χ3n) is 5.03. The summed E-state index contributed by atoms with van der Waals surface area (Å²) < 4.78 is 0. The molecule has 1 saturated heterocycles. The maximum Gasteiger partial charge on any atom is 0.335 e. The van der Waals surface area contributed by atoms with Gasteiger partial charge < -0.3 is 5.11 Å². The van der Waals surface area contributed by atoms with Gasteiger partial charge in [0.15, 0.2) is 0 Å². The molecule has 3 unspecified atom stereocenters. The molecule has 0 bridgehead atoms. The molecule has 3 nitrogen and oxygen atoms in total. The van der Waals surface area contributed by atoms with Crippen LogP contribution in [0.1, 0.15) is 47.7 Å². The van der Waals surface area contributed by atoms with E-state index < -0.39 is 5.97 Å². The quantitative estimate of drug-likeness (QED) is 0.922. The molecule has 0 radical (unpaired) electrons. The highest BCUT2D eigenvalue weighted by Crippen LogP contribution is 2.38. The van der Waals surface area contributed by atoms with Gasteiger partial charge in [0, 0.05) is 24.5 Å². The largest absolute Gasteiger partial charge is 0.478 e. The average Bonchev–Trinajstić information content (AvgIpc) is 2.84. The normalized spacial score (nSPS) is 24.7. The summed E-state index contributed by atoms with van der Waals surface area (Å²) >= 11 is 0. The van der Waals surface area contributed by atoms with E-state index in [0.717, 1.165) is 18.5 Å². The number of nitrogens with zero attached hydrogens (tertiary/aromatic N) is 1. The lowest BCUT2D eigenvalue weighted by molar-refractivity contribution is 0.0696. The molecule has 1 aliphatic heterocycles. The molecule has 1 heterocycles. The zero-order valence-corrected chi connectivity index (χ0v) is 13.6. The number of hydrogen-bond acceptors (Lipinski definition) is 2. The van der Waals surface area contributed by atoms with Gasteiger partial charge >= 0.3 is 5.97 Å². The van der Waals surface area contributed by atoms with Crippen molar-refractivity contribution in [1.29, 1.82) is 0 Å². The maximum absolute atomic E-state index is 11.1. The molecule has 1 aliphatic rings. The van der Waals surface area contributed by atoms with Crippen LogP contribution in [0.15, 0.2) is 54.6 Å². The summed E-state index contributed by atoms with van der Waals surface area (Å²) in [6.07, 6.45) is 1.14. The lowest BCUT2D eigenvalue weighted by atomic mass is 9.92. The van der Waals surface area contributed by atoms with E-state index in [9.17, 15) is 4.79 Å². The van der Waals surface area contributed by atoms with Gasteiger partial charge in [0.1, 0.15) is 0 Å². The molecule has 1 fully saturated rings. The van der Waals surface area contributed by atoms with Crippen LogP contribution in [0.5, 0.6) is 0 Å². The molecular formula is C20H23NO2. The van der Waals surface area contributed by atoms with Crippen molar-refractivity contribution in [3.05, 3.63) is 71.3 Å². The number of aromatic carboxylic acids is 1. The first kappa shape index (κ1) is 15.8. The Morgan fingerprint density at radius 1 is 1.13 bits per heavy atom. The van der Waals surface area contributed by atoms with Crippen molar-refractivity contribution in [1.82, 2.24) is 4.90 Å². The van der Waals surface area contributed by atoms with Crippen molar-refractivity contribution in [3.63, 3.8) is 0 Å². The van der Waals surface area contributed by atoms with Crippen LogP contribution in [0.25, 0.3) is 0 Å². The molecule has 0 aliphatic carbocycles. The van der Waals surface area contributed by atoms with Crippen LogP contribution in [0.4, 0.5) is 0 Å². The van der Waals surface area contributed by atoms with E-state index in [4.69, 9.17) is 5.11 Å². The SMILES string of the molecule is CC1CC(c2ccccc2)C(C)N1Cc1cccc(C(=O)O)c1. The lowest BCUT2D eigenvalue weighted by Gasteiger charge is -2.27. The zero-order valence-electron chi connectivity index (χ0n) is 13.6. The van der Waals surface area contributed by atoms with Gasteiger partial charge in [-0.1, -0.05) is 42.5 Å². The fraction of sp³-hybridized carbons (Fsp3) is 0.350. The van der Waals surface area contributed by atoms with Crippen molar-refractivity contribution in [2.45, 2.75) is 44.8 Å². The molecule has 3 heteroatoms. The van der Waals surface area contributed by atoms with Crippen LogP contribution >= 0.6 is 0 Å². The van der Waals surface area contributed by atoms with Gasteiger partial charge in [0.25, 0.3) is 0 Å². The molecule has 3 rings (SSSR count). The summed E-state index contributed by atoms with van der Waals surface area (Å²) in [4.78, 5) is 13.6. The van der Waals surface area contributed by atoms with Crippen LogP contribution in [0, 0.1) is 0 Å². The molecule has 120 valence electrons. The Kier molecular flexibility index (Phi) is 4.49. The van der Waals surface area contributed by atoms with E-state index in [1.807, 2.05) is 12.1 Å². The van der Waals surface area contributed by atoms with Gasteiger partial charge in [-0.2, -0.15) is 0 Å². The zero-order chi connectivity index (χ0) is 16.4. The summed E-state index contributed by atoms with van der Waals surface area (Å²) in [6, 6.07) is 18.9. The number of carbonyl (C=O) groups is 1. The third-order valence-corrected chi connectivity index (χ3v) is 5.03. The Hall–Kier alpha value is -2.13. The lowest BCUT2D eigenvalue weighted by Crippen LogP contribution is -2.33. The van der Waals surface area contributed by atoms with Gasteiger partial charge in [0.2, 0.25) is 0 Å². The first-order chi connectivity index (χ1) is 11.1. The number of benzene rings is 2. The van der Waals surface area contributed by atoms with Gasteiger partial charge in [-0.05, 0) is 43.5 Å². The predicted octanol–water partition coefficient (Wildman–Crippen LogP) is 4.15. The Bertz CT molecular complexity index is 683. The van der Waals surface area contributed by atoms with Crippen molar-refractivity contribution >= 4 is 5.97 Å². The number of likely N-dealkylation sites (tertiary alicyclic amines) is 1. The number of carboxylic acid groups (broad SMARTS) is 1. The van der Waals surface area contributed by atoms with E-state index in [2.05, 4.69) is 49.1 Å². The third kappa shape index (κ3) is 3.30. The van der Waals surface area contributed by atoms with E-state index in [1.54, 1.807) is 12.1 Å². The minimum Gasteiger partial charge on any atom is -0.478 e. The molecule has 0 saturated carbocycles. The first-order valence-electron chi connectivity index (χ1n) is 8.19. The fourth-order valence-corrected chi connectivity index (χ4v) is 3.76.